The lowest BCUT2D eigenvalue weighted by atomic mass is 9.84. The molecule has 4 rings (SSSR count). The van der Waals surface area contributed by atoms with Crippen LogP contribution in [0.15, 0.2) is 39.6 Å². The molecule has 1 saturated carbocycles. The summed E-state index contributed by atoms with van der Waals surface area (Å²) in [6.07, 6.45) is 0. The van der Waals surface area contributed by atoms with Crippen LogP contribution in [0.2, 0.25) is 0 Å². The number of nitriles is 2. The van der Waals surface area contributed by atoms with E-state index in [9.17, 15) is 15.3 Å². The fourth-order valence-electron chi connectivity index (χ4n) is 4.71. The van der Waals surface area contributed by atoms with Crippen LogP contribution >= 0.6 is 0 Å². The number of hydrogen-bond acceptors (Lipinski definition) is 9. The fourth-order valence-corrected chi connectivity index (χ4v) is 4.71. The molecule has 2 heterocycles. The van der Waals surface area contributed by atoms with Gasteiger partial charge in [0.1, 0.15) is 11.3 Å². The minimum Gasteiger partial charge on any atom is -0.386 e. The predicted molar refractivity (Wildman–Crippen MR) is 107 cm³/mol. The maximum Gasteiger partial charge on any atom is 0.422 e. The highest BCUT2D eigenvalue weighted by molar-refractivity contribution is 6.20. The first-order valence-electron chi connectivity index (χ1n) is 9.19. The van der Waals surface area contributed by atoms with Crippen LogP contribution in [0.5, 0.6) is 0 Å². The van der Waals surface area contributed by atoms with Crippen LogP contribution in [0.25, 0.3) is 0 Å². The highest BCUT2D eigenvalue weighted by Crippen LogP contribution is 2.87. The minimum absolute atomic E-state index is 0.244. The van der Waals surface area contributed by atoms with Gasteiger partial charge in [0, 0.05) is 5.69 Å². The van der Waals surface area contributed by atoms with E-state index < -0.39 is 28.1 Å². The van der Waals surface area contributed by atoms with Crippen molar-refractivity contribution in [1.82, 2.24) is 0 Å². The Morgan fingerprint density at radius 3 is 2.23 bits per heavy atom. The average Bonchev–Trinajstić information content (AvgIpc) is 3.06. The summed E-state index contributed by atoms with van der Waals surface area (Å²) in [6.45, 7) is 6.67. The Morgan fingerprint density at radius 1 is 1.10 bits per heavy atom. The molecule has 3 atom stereocenters. The molecule has 1 amide bonds. The maximum atomic E-state index is 13.4. The summed E-state index contributed by atoms with van der Waals surface area (Å²) >= 11 is 0. The molecule has 30 heavy (non-hydrogen) atoms. The number of rotatable bonds is 4. The van der Waals surface area contributed by atoms with Gasteiger partial charge in [-0.1, -0.05) is 28.5 Å². The van der Waals surface area contributed by atoms with Crippen LogP contribution in [0, 0.1) is 33.5 Å². The van der Waals surface area contributed by atoms with E-state index in [1.807, 2.05) is 0 Å². The molecule has 3 aliphatic rings. The number of anilines is 1. The minimum atomic E-state index is -2.23. The number of nitrogens with two attached hydrogens (primary N) is 1. The molecule has 152 valence electrons. The molecule has 0 bridgehead atoms. The lowest BCUT2D eigenvalue weighted by molar-refractivity contribution is -0.263. The predicted octanol–water partition coefficient (Wildman–Crippen LogP) is 1.76. The van der Waals surface area contributed by atoms with Gasteiger partial charge in [-0.2, -0.15) is 15.5 Å². The summed E-state index contributed by atoms with van der Waals surface area (Å²) in [5, 5.41) is 31.3. The van der Waals surface area contributed by atoms with Crippen molar-refractivity contribution in [3.8, 4) is 12.1 Å². The summed E-state index contributed by atoms with van der Waals surface area (Å²) in [6, 6.07) is 11.0. The van der Waals surface area contributed by atoms with Crippen molar-refractivity contribution < 1.29 is 14.5 Å². The number of amidine groups is 1. The van der Waals surface area contributed by atoms with E-state index in [0.717, 1.165) is 0 Å². The van der Waals surface area contributed by atoms with Gasteiger partial charge in [-0.25, -0.2) is 0 Å². The van der Waals surface area contributed by atoms with E-state index in [4.69, 9.17) is 15.4 Å². The van der Waals surface area contributed by atoms with Crippen LogP contribution in [-0.4, -0.2) is 29.1 Å². The lowest BCUT2D eigenvalue weighted by Crippen LogP contribution is -2.46. The Bertz CT molecular complexity index is 1130. The second kappa shape index (κ2) is 5.80. The first-order valence-corrected chi connectivity index (χ1v) is 9.19. The summed E-state index contributed by atoms with van der Waals surface area (Å²) in [4.78, 5) is 28.8. The Hall–Kier alpha value is -3.92. The molecular formula is C20H19N7O3. The Labute approximate surface area is 172 Å². The molecule has 10 nitrogen and oxygen atoms in total. The first-order chi connectivity index (χ1) is 14.2. The van der Waals surface area contributed by atoms with Gasteiger partial charge in [0.05, 0.1) is 23.6 Å². The number of para-hydroxylation sites is 1. The van der Waals surface area contributed by atoms with E-state index in [1.54, 1.807) is 52.0 Å². The van der Waals surface area contributed by atoms with Crippen LogP contribution in [0.4, 0.5) is 5.69 Å². The average molecular weight is 405 g/mol. The summed E-state index contributed by atoms with van der Waals surface area (Å²) in [5.41, 5.74) is 2.68. The molecule has 1 fully saturated rings. The quantitative estimate of drug-likeness (QED) is 0.441. The SMILES string of the molecule is CC(C)=NOC1(ON=C(C)C)N=C(N)C2(C#N)C3(C(=O)Nc4ccccc43)C12C#N. The third kappa shape index (κ3) is 1.73. The third-order valence-corrected chi connectivity index (χ3v) is 5.71. The third-order valence-electron chi connectivity index (χ3n) is 5.71. The zero-order valence-electron chi connectivity index (χ0n) is 16.8. The number of carbonyl (C=O) groups excluding carboxylic acids is 1. The normalized spacial score (nSPS) is 31.3. The Morgan fingerprint density at radius 2 is 1.70 bits per heavy atom. The van der Waals surface area contributed by atoms with Crippen LogP contribution in [0.1, 0.15) is 33.3 Å². The zero-order chi connectivity index (χ0) is 21.9. The molecule has 0 saturated heterocycles. The molecule has 1 spiro atoms. The van der Waals surface area contributed by atoms with Crippen molar-refractivity contribution in [3.63, 3.8) is 0 Å². The second-order valence-electron chi connectivity index (χ2n) is 7.81. The molecule has 2 aliphatic heterocycles. The molecule has 1 aromatic rings. The van der Waals surface area contributed by atoms with Crippen molar-refractivity contribution in [1.29, 1.82) is 10.5 Å². The van der Waals surface area contributed by atoms with Gasteiger partial charge in [-0.05, 0) is 39.3 Å². The van der Waals surface area contributed by atoms with E-state index in [2.05, 4.69) is 32.8 Å². The standard InChI is InChI=1S/C20H19N7O3/c1-11(2)26-29-20(30-27-12(3)4)18(10-22)17(9-21,15(23)25-20)19(18)13-7-5-6-8-14(13)24-16(19)28/h5-8H,1-4H3,(H2,23,25)(H,24,28). The number of amides is 1. The van der Waals surface area contributed by atoms with Gasteiger partial charge < -0.3 is 20.7 Å². The van der Waals surface area contributed by atoms with Gasteiger partial charge in [0.2, 0.25) is 11.3 Å². The Balaban J connectivity index is 2.07. The van der Waals surface area contributed by atoms with E-state index in [1.165, 1.54) is 0 Å². The van der Waals surface area contributed by atoms with Crippen LogP contribution < -0.4 is 11.1 Å². The molecule has 10 heteroatoms. The van der Waals surface area contributed by atoms with Gasteiger partial charge in [-0.3, -0.25) is 4.79 Å². The molecule has 1 aromatic carbocycles. The second-order valence-corrected chi connectivity index (χ2v) is 7.81. The maximum absolute atomic E-state index is 13.4. The molecule has 3 N–H and O–H groups in total. The highest BCUT2D eigenvalue weighted by atomic mass is 16.8. The van der Waals surface area contributed by atoms with Crippen molar-refractivity contribution in [2.75, 3.05) is 5.32 Å². The topological polar surface area (TPSA) is 158 Å². The number of nitrogens with zero attached hydrogens (tertiary/aromatic N) is 5. The highest BCUT2D eigenvalue weighted by Gasteiger charge is 3.07. The fraction of sp³-hybridized carbons (Fsp3) is 0.400. The number of benzene rings is 1. The molecule has 1 aliphatic carbocycles. The summed E-state index contributed by atoms with van der Waals surface area (Å²) < 4.78 is 0. The number of oxime groups is 2. The smallest absolute Gasteiger partial charge is 0.386 e. The van der Waals surface area contributed by atoms with E-state index in [0.29, 0.717) is 22.7 Å². The monoisotopic (exact) mass is 405 g/mol. The molecule has 0 aromatic heterocycles. The number of fused-ring (bicyclic) bond motifs is 5. The van der Waals surface area contributed by atoms with Gasteiger partial charge in [0.15, 0.2) is 5.41 Å². The number of carbonyl (C=O) groups is 1. The van der Waals surface area contributed by atoms with Crippen molar-refractivity contribution in [2.45, 2.75) is 39.0 Å². The number of aliphatic imine (C=N–C) groups is 1. The molecule has 0 radical (unpaired) electrons. The van der Waals surface area contributed by atoms with Gasteiger partial charge in [-0.15, -0.1) is 0 Å². The first kappa shape index (κ1) is 19.4. The van der Waals surface area contributed by atoms with Crippen LogP contribution in [-0.2, 0) is 19.9 Å². The van der Waals surface area contributed by atoms with Gasteiger partial charge in [0.25, 0.3) is 0 Å². The molecule has 3 unspecified atom stereocenters. The van der Waals surface area contributed by atoms with Crippen LogP contribution in [0.3, 0.4) is 0 Å². The number of hydrogen-bond donors (Lipinski definition) is 2. The number of nitrogens with one attached hydrogen (secondary N) is 1. The van der Waals surface area contributed by atoms with E-state index in [-0.39, 0.29) is 5.84 Å². The summed E-state index contributed by atoms with van der Waals surface area (Å²) in [7, 11) is 0. The summed E-state index contributed by atoms with van der Waals surface area (Å²) in [5.74, 6) is -3.04. The molecular weight excluding hydrogens is 386 g/mol. The van der Waals surface area contributed by atoms with Gasteiger partial charge >= 0.3 is 5.91 Å². The lowest BCUT2D eigenvalue weighted by Gasteiger charge is -2.29. The van der Waals surface area contributed by atoms with E-state index >= 15 is 0 Å². The Kier molecular flexibility index (Phi) is 3.75. The van der Waals surface area contributed by atoms with Crippen molar-refractivity contribution in [2.24, 2.45) is 31.9 Å². The zero-order valence-corrected chi connectivity index (χ0v) is 16.8. The van der Waals surface area contributed by atoms with Crippen molar-refractivity contribution in [3.05, 3.63) is 29.8 Å². The largest absolute Gasteiger partial charge is 0.422 e. The van der Waals surface area contributed by atoms with Crippen molar-refractivity contribution >= 4 is 28.9 Å².